The Labute approximate surface area is 103 Å². The molecule has 0 aromatic carbocycles. The Morgan fingerprint density at radius 3 is 2.75 bits per heavy atom. The van der Waals surface area contributed by atoms with Crippen molar-refractivity contribution in [2.75, 3.05) is 20.3 Å². The Morgan fingerprint density at radius 1 is 1.50 bits per heavy atom. The smallest absolute Gasteiger partial charge is 0.237 e. The van der Waals surface area contributed by atoms with Crippen molar-refractivity contribution in [2.45, 2.75) is 37.8 Å². The van der Waals surface area contributed by atoms with Gasteiger partial charge >= 0.3 is 0 Å². The second-order valence-corrected chi connectivity index (χ2v) is 4.56. The van der Waals surface area contributed by atoms with Gasteiger partial charge in [-0.2, -0.15) is 0 Å². The number of methoxy groups -OCH3 is 1. The van der Waals surface area contributed by atoms with Crippen LogP contribution in [-0.2, 0) is 9.53 Å². The molecular weight excluding hydrogens is 228 g/mol. The second-order valence-electron chi connectivity index (χ2n) is 4.56. The van der Waals surface area contributed by atoms with E-state index in [0.29, 0.717) is 12.5 Å². The summed E-state index contributed by atoms with van der Waals surface area (Å²) in [6.07, 6.45) is 4.53. The predicted octanol–water partition coefficient (Wildman–Crippen LogP) is 0.701. The largest absolute Gasteiger partial charge is 0.383 e. The lowest BCUT2D eigenvalue weighted by molar-refractivity contribution is -0.124. The van der Waals surface area contributed by atoms with Crippen molar-refractivity contribution in [1.82, 2.24) is 10.6 Å². The highest BCUT2D eigenvalue weighted by Crippen LogP contribution is 2.32. The average Bonchev–Trinajstić information content (AvgIpc) is 2.92. The number of rotatable bonds is 5. The van der Waals surface area contributed by atoms with Gasteiger partial charge in [-0.1, -0.05) is 0 Å². The van der Waals surface area contributed by atoms with Gasteiger partial charge in [0, 0.05) is 7.11 Å². The zero-order valence-corrected chi connectivity index (χ0v) is 10.5. The summed E-state index contributed by atoms with van der Waals surface area (Å²) in [5, 5.41) is 6.31. The summed E-state index contributed by atoms with van der Waals surface area (Å²) in [6.45, 7) is 1.61. The number of hydrogen-bond donors (Lipinski definition) is 2. The van der Waals surface area contributed by atoms with Gasteiger partial charge in [-0.3, -0.25) is 4.79 Å². The summed E-state index contributed by atoms with van der Waals surface area (Å²) < 4.78 is 5.13. The van der Waals surface area contributed by atoms with Crippen molar-refractivity contribution in [3.63, 3.8) is 0 Å². The second kappa shape index (κ2) is 6.42. The number of carbonyl (C=O) groups excluding carboxylic acids is 1. The fraction of sp³-hybridized carbons (Fsp3) is 0.909. The summed E-state index contributed by atoms with van der Waals surface area (Å²) in [5.74, 6) is 0.803. The molecule has 2 fully saturated rings. The van der Waals surface area contributed by atoms with E-state index in [4.69, 9.17) is 4.74 Å². The molecule has 94 valence electrons. The van der Waals surface area contributed by atoms with E-state index in [1.165, 1.54) is 12.8 Å². The van der Waals surface area contributed by atoms with Crippen molar-refractivity contribution in [1.29, 1.82) is 0 Å². The molecule has 5 heteroatoms. The molecule has 0 aromatic heterocycles. The number of carbonyl (C=O) groups is 1. The van der Waals surface area contributed by atoms with Crippen LogP contribution in [0.1, 0.15) is 25.7 Å². The first-order valence-corrected chi connectivity index (χ1v) is 5.84. The first kappa shape index (κ1) is 13.7. The van der Waals surface area contributed by atoms with E-state index in [9.17, 15) is 4.79 Å². The molecule has 16 heavy (non-hydrogen) atoms. The lowest BCUT2D eigenvalue weighted by Gasteiger charge is -2.19. The Hall–Kier alpha value is -0.320. The molecule has 1 aliphatic heterocycles. The predicted molar refractivity (Wildman–Crippen MR) is 64.8 cm³/mol. The molecule has 1 saturated heterocycles. The summed E-state index contributed by atoms with van der Waals surface area (Å²) in [7, 11) is 1.69. The molecule has 1 aliphatic carbocycles. The molecule has 2 atom stereocenters. The van der Waals surface area contributed by atoms with Crippen LogP contribution in [0.15, 0.2) is 0 Å². The Balaban J connectivity index is 0.00000128. The normalized spacial score (nSPS) is 25.9. The minimum absolute atomic E-state index is 0. The minimum atomic E-state index is 0. The Kier molecular flexibility index (Phi) is 5.52. The maximum Gasteiger partial charge on any atom is 0.237 e. The number of ether oxygens (including phenoxy) is 1. The molecule has 1 saturated carbocycles. The summed E-state index contributed by atoms with van der Waals surface area (Å²) in [4.78, 5) is 11.8. The first-order chi connectivity index (χ1) is 7.31. The fourth-order valence-electron chi connectivity index (χ4n) is 2.17. The number of halogens is 1. The maximum atomic E-state index is 11.8. The van der Waals surface area contributed by atoms with Gasteiger partial charge in [0.2, 0.25) is 5.91 Å². The van der Waals surface area contributed by atoms with Crippen LogP contribution in [0.3, 0.4) is 0 Å². The Bertz CT molecular complexity index is 228. The topological polar surface area (TPSA) is 50.4 Å². The van der Waals surface area contributed by atoms with Crippen LogP contribution in [0.4, 0.5) is 0 Å². The van der Waals surface area contributed by atoms with Crippen LogP contribution in [0.25, 0.3) is 0 Å². The standard InChI is InChI=1S/C11H20N2O2.ClH/c1-15-7-10(8-4-5-8)13-11(14)9-3-2-6-12-9;/h8-10,12H,2-7H2,1H3,(H,13,14);1H. The molecule has 0 aromatic rings. The molecule has 4 nitrogen and oxygen atoms in total. The Morgan fingerprint density at radius 2 is 2.25 bits per heavy atom. The van der Waals surface area contributed by atoms with E-state index in [1.807, 2.05) is 0 Å². The monoisotopic (exact) mass is 248 g/mol. The van der Waals surface area contributed by atoms with E-state index >= 15 is 0 Å². The summed E-state index contributed by atoms with van der Waals surface area (Å²) in [6, 6.07) is 0.257. The minimum Gasteiger partial charge on any atom is -0.383 e. The van der Waals surface area contributed by atoms with E-state index in [0.717, 1.165) is 19.4 Å². The van der Waals surface area contributed by atoms with E-state index in [-0.39, 0.29) is 30.4 Å². The summed E-state index contributed by atoms with van der Waals surface area (Å²) in [5.41, 5.74) is 0. The quantitative estimate of drug-likeness (QED) is 0.753. The molecule has 0 spiro atoms. The van der Waals surface area contributed by atoms with Crippen molar-refractivity contribution in [2.24, 2.45) is 5.92 Å². The zero-order valence-electron chi connectivity index (χ0n) is 9.70. The van der Waals surface area contributed by atoms with Crippen LogP contribution in [0.5, 0.6) is 0 Å². The van der Waals surface area contributed by atoms with Crippen molar-refractivity contribution in [3.05, 3.63) is 0 Å². The van der Waals surface area contributed by atoms with E-state index in [2.05, 4.69) is 10.6 Å². The summed E-state index contributed by atoms with van der Waals surface area (Å²) >= 11 is 0. The van der Waals surface area contributed by atoms with Crippen LogP contribution in [0.2, 0.25) is 0 Å². The van der Waals surface area contributed by atoms with Crippen LogP contribution < -0.4 is 10.6 Å². The SMILES string of the molecule is COCC(NC(=O)C1CCCN1)C1CC1.Cl. The third-order valence-corrected chi connectivity index (χ3v) is 3.24. The lowest BCUT2D eigenvalue weighted by atomic mass is 10.1. The van der Waals surface area contributed by atoms with Gasteiger partial charge in [0.05, 0.1) is 18.7 Å². The molecule has 0 radical (unpaired) electrons. The molecule has 0 bridgehead atoms. The molecule has 2 aliphatic rings. The maximum absolute atomic E-state index is 11.8. The van der Waals surface area contributed by atoms with Crippen molar-refractivity contribution in [3.8, 4) is 0 Å². The van der Waals surface area contributed by atoms with Gasteiger partial charge in [0.15, 0.2) is 0 Å². The van der Waals surface area contributed by atoms with Gasteiger partial charge in [-0.05, 0) is 38.1 Å². The van der Waals surface area contributed by atoms with E-state index < -0.39 is 0 Å². The highest BCUT2D eigenvalue weighted by Gasteiger charge is 2.34. The van der Waals surface area contributed by atoms with Gasteiger partial charge in [0.1, 0.15) is 0 Å². The number of nitrogens with one attached hydrogen (secondary N) is 2. The highest BCUT2D eigenvalue weighted by molar-refractivity contribution is 5.85. The van der Waals surface area contributed by atoms with Crippen LogP contribution in [0, 0.1) is 5.92 Å². The van der Waals surface area contributed by atoms with Gasteiger partial charge in [-0.15, -0.1) is 12.4 Å². The third kappa shape index (κ3) is 3.61. The van der Waals surface area contributed by atoms with Crippen molar-refractivity contribution < 1.29 is 9.53 Å². The molecule has 1 amide bonds. The van der Waals surface area contributed by atoms with Crippen LogP contribution >= 0.6 is 12.4 Å². The number of amides is 1. The van der Waals surface area contributed by atoms with E-state index in [1.54, 1.807) is 7.11 Å². The highest BCUT2D eigenvalue weighted by atomic mass is 35.5. The fourth-order valence-corrected chi connectivity index (χ4v) is 2.17. The molecule has 1 heterocycles. The molecule has 2 unspecified atom stereocenters. The zero-order chi connectivity index (χ0) is 10.7. The van der Waals surface area contributed by atoms with Crippen molar-refractivity contribution >= 4 is 18.3 Å². The molecule has 2 rings (SSSR count). The van der Waals surface area contributed by atoms with Crippen LogP contribution in [-0.4, -0.2) is 38.3 Å². The average molecular weight is 249 g/mol. The molecular formula is C11H21ClN2O2. The van der Waals surface area contributed by atoms with Gasteiger partial charge < -0.3 is 15.4 Å². The first-order valence-electron chi connectivity index (χ1n) is 5.84. The third-order valence-electron chi connectivity index (χ3n) is 3.24. The van der Waals surface area contributed by atoms with Gasteiger partial charge in [0.25, 0.3) is 0 Å². The number of hydrogen-bond acceptors (Lipinski definition) is 3. The molecule has 2 N–H and O–H groups in total. The van der Waals surface area contributed by atoms with Gasteiger partial charge in [-0.25, -0.2) is 0 Å². The lowest BCUT2D eigenvalue weighted by Crippen LogP contribution is -2.47.